The number of rotatable bonds is 3. The molecule has 0 saturated heterocycles. The van der Waals surface area contributed by atoms with Crippen molar-refractivity contribution in [3.05, 3.63) is 75.7 Å². The highest BCUT2D eigenvalue weighted by molar-refractivity contribution is 6.42. The van der Waals surface area contributed by atoms with Crippen LogP contribution in [0.2, 0.25) is 10.0 Å². The molecule has 5 heteroatoms. The van der Waals surface area contributed by atoms with E-state index in [-0.39, 0.29) is 12.4 Å². The number of imidazole rings is 1. The van der Waals surface area contributed by atoms with Crippen molar-refractivity contribution < 1.29 is 17.0 Å². The number of fused-ring (bicyclic) bond motifs is 1. The summed E-state index contributed by atoms with van der Waals surface area (Å²) in [6, 6.07) is 14.6. The van der Waals surface area contributed by atoms with Crippen molar-refractivity contribution in [3.63, 3.8) is 0 Å². The smallest absolute Gasteiger partial charge is 0.257 e. The van der Waals surface area contributed by atoms with E-state index in [2.05, 4.69) is 46.5 Å². The van der Waals surface area contributed by atoms with Crippen molar-refractivity contribution in [3.8, 4) is 11.3 Å². The maximum atomic E-state index is 6.22. The van der Waals surface area contributed by atoms with Crippen LogP contribution in [-0.2, 0) is 19.5 Å². The highest BCUT2D eigenvalue weighted by Gasteiger charge is 2.28. The minimum atomic E-state index is 0. The molecule has 2 nitrogen and oxygen atoms in total. The zero-order valence-electron chi connectivity index (χ0n) is 14.0. The third-order valence-corrected chi connectivity index (χ3v) is 5.38. The van der Waals surface area contributed by atoms with Gasteiger partial charge in [0.25, 0.3) is 5.82 Å². The number of aromatic nitrogens is 2. The summed E-state index contributed by atoms with van der Waals surface area (Å²) in [5.74, 6) is 1.39. The fourth-order valence-electron chi connectivity index (χ4n) is 3.54. The molecule has 0 atom stereocenters. The minimum absolute atomic E-state index is 0. The van der Waals surface area contributed by atoms with Crippen LogP contribution in [0.15, 0.2) is 48.7 Å². The molecule has 0 bridgehead atoms. The Morgan fingerprint density at radius 3 is 2.68 bits per heavy atom. The van der Waals surface area contributed by atoms with E-state index in [4.69, 9.17) is 23.2 Å². The normalized spacial score (nSPS) is 12.8. The number of hydrogen-bond acceptors (Lipinski definition) is 0. The molecule has 1 aliphatic heterocycles. The van der Waals surface area contributed by atoms with Crippen LogP contribution in [0.25, 0.3) is 11.3 Å². The molecule has 4 rings (SSSR count). The number of nitrogens with zero attached hydrogens (tertiary/aromatic N) is 2. The summed E-state index contributed by atoms with van der Waals surface area (Å²) in [4.78, 5) is 0. The topological polar surface area (TPSA) is 8.81 Å². The molecule has 130 valence electrons. The van der Waals surface area contributed by atoms with E-state index in [9.17, 15) is 0 Å². The van der Waals surface area contributed by atoms with Crippen LogP contribution in [-0.4, -0.2) is 4.57 Å². The number of aryl methyl sites for hydroxylation is 1. The number of halogens is 3. The first-order valence-corrected chi connectivity index (χ1v) is 9.00. The second-order valence-electron chi connectivity index (χ2n) is 6.43. The maximum absolute atomic E-state index is 6.22. The highest BCUT2D eigenvalue weighted by atomic mass is 35.5. The largest absolute Gasteiger partial charge is 1.00 e. The minimum Gasteiger partial charge on any atom is -1.00 e. The van der Waals surface area contributed by atoms with Gasteiger partial charge in [-0.05, 0) is 37.1 Å². The van der Waals surface area contributed by atoms with E-state index in [0.717, 1.165) is 25.1 Å². The molecule has 2 aromatic carbocycles. The molecule has 0 saturated carbocycles. The second-order valence-corrected chi connectivity index (χ2v) is 7.25. The molecule has 1 aliphatic rings. The fraction of sp³-hybridized carbons (Fsp3) is 0.250. The van der Waals surface area contributed by atoms with E-state index in [1.165, 1.54) is 29.1 Å². The second kappa shape index (κ2) is 7.41. The molecular weight excluding hydrogens is 375 g/mol. The molecule has 25 heavy (non-hydrogen) atoms. The standard InChI is InChI=1S/C20H19Cl2N2.ClH/c1-14-4-2-5-15(10-14)12-23-13-19(24-9-3-6-20(23)24)16-7-8-17(21)18(22)11-16;/h2,4-5,7-8,10-11,13H,3,6,9,12H2,1H3;1H/q+1;/p-1. The van der Waals surface area contributed by atoms with Crippen molar-refractivity contribution in [1.82, 2.24) is 4.57 Å². The van der Waals surface area contributed by atoms with Crippen molar-refractivity contribution in [1.29, 1.82) is 0 Å². The zero-order chi connectivity index (χ0) is 16.7. The molecule has 0 radical (unpaired) electrons. The highest BCUT2D eigenvalue weighted by Crippen LogP contribution is 2.30. The first kappa shape index (κ1) is 18.3. The Bertz CT molecular complexity index is 915. The Morgan fingerprint density at radius 2 is 1.92 bits per heavy atom. The summed E-state index contributed by atoms with van der Waals surface area (Å²) >= 11 is 12.3. The summed E-state index contributed by atoms with van der Waals surface area (Å²) in [5, 5.41) is 1.20. The molecule has 0 N–H and O–H groups in total. The van der Waals surface area contributed by atoms with Crippen molar-refractivity contribution >= 4 is 23.2 Å². The van der Waals surface area contributed by atoms with E-state index in [1.54, 1.807) is 0 Å². The molecule has 0 fully saturated rings. The van der Waals surface area contributed by atoms with E-state index >= 15 is 0 Å². The predicted molar refractivity (Wildman–Crippen MR) is 98.7 cm³/mol. The molecule has 0 spiro atoms. The van der Waals surface area contributed by atoms with Gasteiger partial charge in [0.05, 0.1) is 23.0 Å². The first-order chi connectivity index (χ1) is 11.6. The third kappa shape index (κ3) is 3.57. The summed E-state index contributed by atoms with van der Waals surface area (Å²) in [7, 11) is 0. The van der Waals surface area contributed by atoms with Gasteiger partial charge in [0, 0.05) is 5.56 Å². The lowest BCUT2D eigenvalue weighted by Crippen LogP contribution is -3.00. The maximum Gasteiger partial charge on any atom is 0.257 e. The van der Waals surface area contributed by atoms with Crippen LogP contribution in [0.5, 0.6) is 0 Å². The van der Waals surface area contributed by atoms with Crippen molar-refractivity contribution in [2.75, 3.05) is 0 Å². The van der Waals surface area contributed by atoms with Gasteiger partial charge in [0.15, 0.2) is 5.69 Å². The first-order valence-electron chi connectivity index (χ1n) is 8.24. The Kier molecular flexibility index (Phi) is 5.43. The third-order valence-electron chi connectivity index (χ3n) is 4.64. The zero-order valence-corrected chi connectivity index (χ0v) is 16.2. The molecule has 1 aromatic heterocycles. The van der Waals surface area contributed by atoms with Crippen LogP contribution in [0.3, 0.4) is 0 Å². The molecule has 0 amide bonds. The molecule has 3 aromatic rings. The number of hydrogen-bond donors (Lipinski definition) is 0. The molecule has 2 heterocycles. The van der Waals surface area contributed by atoms with Crippen LogP contribution in [0.4, 0.5) is 0 Å². The monoisotopic (exact) mass is 392 g/mol. The van der Waals surface area contributed by atoms with Gasteiger partial charge >= 0.3 is 0 Å². The van der Waals surface area contributed by atoms with Crippen LogP contribution >= 0.6 is 23.2 Å². The van der Waals surface area contributed by atoms with Crippen molar-refractivity contribution in [2.45, 2.75) is 32.9 Å². The van der Waals surface area contributed by atoms with Crippen LogP contribution < -0.4 is 17.0 Å². The van der Waals surface area contributed by atoms with Gasteiger partial charge < -0.3 is 12.4 Å². The van der Waals surface area contributed by atoms with Gasteiger partial charge in [-0.25, -0.2) is 9.13 Å². The average molecular weight is 394 g/mol. The van der Waals surface area contributed by atoms with Gasteiger partial charge in [-0.3, -0.25) is 0 Å². The quantitative estimate of drug-likeness (QED) is 0.602. The lowest BCUT2D eigenvalue weighted by Gasteiger charge is -2.01. The lowest BCUT2D eigenvalue weighted by molar-refractivity contribution is -0.694. The van der Waals surface area contributed by atoms with Gasteiger partial charge in [-0.2, -0.15) is 0 Å². The summed E-state index contributed by atoms with van der Waals surface area (Å²) in [6.45, 7) is 4.10. The lowest BCUT2D eigenvalue weighted by atomic mass is 10.1. The van der Waals surface area contributed by atoms with Gasteiger partial charge in [0.2, 0.25) is 0 Å². The van der Waals surface area contributed by atoms with Gasteiger partial charge in [-0.15, -0.1) is 0 Å². The van der Waals surface area contributed by atoms with Crippen LogP contribution in [0.1, 0.15) is 23.4 Å². The summed E-state index contributed by atoms with van der Waals surface area (Å²) in [6.07, 6.45) is 4.56. The van der Waals surface area contributed by atoms with Gasteiger partial charge in [-0.1, -0.05) is 53.0 Å². The van der Waals surface area contributed by atoms with E-state index in [1.807, 2.05) is 18.2 Å². The summed E-state index contributed by atoms with van der Waals surface area (Å²) in [5.41, 5.74) is 4.97. The van der Waals surface area contributed by atoms with Gasteiger partial charge in [0.1, 0.15) is 12.7 Å². The summed E-state index contributed by atoms with van der Waals surface area (Å²) < 4.78 is 4.79. The molecule has 0 aliphatic carbocycles. The Balaban J connectivity index is 0.00000182. The fourth-order valence-corrected chi connectivity index (χ4v) is 3.84. The molecule has 0 unspecified atom stereocenters. The number of benzene rings is 2. The van der Waals surface area contributed by atoms with E-state index < -0.39 is 0 Å². The van der Waals surface area contributed by atoms with Crippen LogP contribution in [0, 0.1) is 6.92 Å². The Labute approximate surface area is 164 Å². The van der Waals surface area contributed by atoms with E-state index in [0.29, 0.717) is 10.0 Å². The SMILES string of the molecule is Cc1cccc(C[n+]2cc(-c3ccc(Cl)c(Cl)c3)n3c2CCC3)c1.[Cl-]. The molecular formula is C20H19Cl3N2. The Hall–Kier alpha value is -1.48. The van der Waals surface area contributed by atoms with Crippen molar-refractivity contribution in [2.24, 2.45) is 0 Å². The predicted octanol–water partition coefficient (Wildman–Crippen LogP) is 2.06. The Morgan fingerprint density at radius 1 is 1.08 bits per heavy atom. The average Bonchev–Trinajstić information content (AvgIpc) is 3.14.